The Morgan fingerprint density at radius 2 is 2.18 bits per heavy atom. The van der Waals surface area contributed by atoms with Crippen LogP contribution in [0.3, 0.4) is 0 Å². The average Bonchev–Trinajstić information content (AvgIpc) is 2.26. The van der Waals surface area contributed by atoms with Gasteiger partial charge >= 0.3 is 0 Å². The highest BCUT2D eigenvalue weighted by atomic mass is 35.7. The van der Waals surface area contributed by atoms with Crippen LogP contribution >= 0.6 is 10.7 Å². The minimum atomic E-state index is -3.81. The number of halogens is 1. The minimum absolute atomic E-state index is 0.0724. The van der Waals surface area contributed by atoms with Crippen LogP contribution in [0.25, 0.3) is 0 Å². The number of carbonyl (C=O) groups excluding carboxylic acids is 1. The van der Waals surface area contributed by atoms with Crippen LogP contribution in [-0.2, 0) is 13.8 Å². The Hall–Kier alpha value is -1.27. The lowest BCUT2D eigenvalue weighted by molar-refractivity contribution is -0.123. The third kappa shape index (κ3) is 2.37. The number of amides is 1. The average molecular weight is 276 g/mol. The monoisotopic (exact) mass is 275 g/mol. The summed E-state index contributed by atoms with van der Waals surface area (Å²) in [4.78, 5) is 11.5. The Morgan fingerprint density at radius 3 is 2.76 bits per heavy atom. The molecule has 1 N–H and O–H groups in total. The fourth-order valence-electron chi connectivity index (χ4n) is 1.55. The molecule has 1 aromatic rings. The van der Waals surface area contributed by atoms with Gasteiger partial charge in [0, 0.05) is 10.7 Å². The van der Waals surface area contributed by atoms with E-state index in [1.807, 2.05) is 6.92 Å². The number of nitrogens with one attached hydrogen (secondary N) is 1. The molecule has 2 rings (SSSR count). The van der Waals surface area contributed by atoms with E-state index in [1.54, 1.807) is 0 Å². The van der Waals surface area contributed by atoms with Gasteiger partial charge in [0.25, 0.3) is 15.0 Å². The van der Waals surface area contributed by atoms with Gasteiger partial charge in [0.15, 0.2) is 6.10 Å². The maximum atomic E-state index is 11.5. The predicted molar refractivity (Wildman–Crippen MR) is 62.8 cm³/mol. The van der Waals surface area contributed by atoms with Gasteiger partial charge in [-0.25, -0.2) is 8.42 Å². The van der Waals surface area contributed by atoms with E-state index in [4.69, 9.17) is 15.4 Å². The van der Waals surface area contributed by atoms with E-state index in [2.05, 4.69) is 5.32 Å². The minimum Gasteiger partial charge on any atom is -0.478 e. The Kier molecular flexibility index (Phi) is 3.01. The van der Waals surface area contributed by atoms with Crippen LogP contribution in [0, 0.1) is 0 Å². The van der Waals surface area contributed by atoms with Crippen molar-refractivity contribution in [2.75, 3.05) is 5.32 Å². The third-order valence-electron chi connectivity index (χ3n) is 2.42. The van der Waals surface area contributed by atoms with Crippen LogP contribution in [0.4, 0.5) is 5.69 Å². The Morgan fingerprint density at radius 1 is 1.47 bits per heavy atom. The summed E-state index contributed by atoms with van der Waals surface area (Å²) in [5.41, 5.74) is 0.321. The maximum Gasteiger partial charge on any atom is 0.265 e. The molecular weight excluding hydrogens is 266 g/mol. The molecule has 1 aliphatic rings. The molecule has 1 amide bonds. The van der Waals surface area contributed by atoms with Gasteiger partial charge in [0.05, 0.1) is 10.6 Å². The van der Waals surface area contributed by atoms with Gasteiger partial charge in [-0.15, -0.1) is 0 Å². The number of fused-ring (bicyclic) bond motifs is 1. The second-order valence-electron chi connectivity index (χ2n) is 3.60. The molecule has 0 aliphatic carbocycles. The number of benzene rings is 1. The number of rotatable bonds is 2. The molecule has 0 saturated heterocycles. The highest BCUT2D eigenvalue weighted by molar-refractivity contribution is 8.13. The molecule has 1 aliphatic heterocycles. The fraction of sp³-hybridized carbons (Fsp3) is 0.300. The molecule has 1 unspecified atom stereocenters. The smallest absolute Gasteiger partial charge is 0.265 e. The summed E-state index contributed by atoms with van der Waals surface area (Å²) in [5, 5.41) is 2.59. The molecule has 0 aromatic heterocycles. The van der Waals surface area contributed by atoms with E-state index in [1.165, 1.54) is 18.2 Å². The van der Waals surface area contributed by atoms with Crippen molar-refractivity contribution >= 4 is 31.3 Å². The van der Waals surface area contributed by atoms with Crippen LogP contribution < -0.4 is 10.1 Å². The summed E-state index contributed by atoms with van der Waals surface area (Å²) in [6.45, 7) is 1.83. The maximum absolute atomic E-state index is 11.5. The molecule has 92 valence electrons. The summed E-state index contributed by atoms with van der Waals surface area (Å²) in [6, 6.07) is 4.10. The number of hydrogen-bond acceptors (Lipinski definition) is 4. The third-order valence-corrected chi connectivity index (χ3v) is 3.77. The lowest BCUT2D eigenvalue weighted by Gasteiger charge is -2.25. The van der Waals surface area contributed by atoms with Gasteiger partial charge in [-0.1, -0.05) is 6.92 Å². The summed E-state index contributed by atoms with van der Waals surface area (Å²) < 4.78 is 27.7. The van der Waals surface area contributed by atoms with Crippen molar-refractivity contribution in [1.82, 2.24) is 0 Å². The second kappa shape index (κ2) is 4.19. The van der Waals surface area contributed by atoms with Crippen LogP contribution in [0.5, 0.6) is 5.75 Å². The van der Waals surface area contributed by atoms with Crippen LogP contribution in [-0.4, -0.2) is 20.4 Å². The molecule has 17 heavy (non-hydrogen) atoms. The molecule has 0 saturated carbocycles. The second-order valence-corrected chi connectivity index (χ2v) is 6.17. The molecule has 5 nitrogen and oxygen atoms in total. The van der Waals surface area contributed by atoms with Gasteiger partial charge < -0.3 is 10.1 Å². The molecule has 0 bridgehead atoms. The summed E-state index contributed by atoms with van der Waals surface area (Å²) >= 11 is 0. The molecule has 0 fully saturated rings. The van der Waals surface area contributed by atoms with Gasteiger partial charge in [-0.3, -0.25) is 4.79 Å². The largest absolute Gasteiger partial charge is 0.478 e. The SMILES string of the molecule is CCC1Oc2ccc(S(=O)(=O)Cl)cc2NC1=O. The van der Waals surface area contributed by atoms with E-state index < -0.39 is 15.2 Å². The van der Waals surface area contributed by atoms with Crippen LogP contribution in [0.15, 0.2) is 23.1 Å². The molecular formula is C10H10ClNO4S. The van der Waals surface area contributed by atoms with E-state index in [9.17, 15) is 13.2 Å². The number of anilines is 1. The van der Waals surface area contributed by atoms with Crippen LogP contribution in [0.1, 0.15) is 13.3 Å². The van der Waals surface area contributed by atoms with E-state index >= 15 is 0 Å². The number of carbonyl (C=O) groups is 1. The van der Waals surface area contributed by atoms with Crippen molar-refractivity contribution in [2.24, 2.45) is 0 Å². The van der Waals surface area contributed by atoms with Crippen molar-refractivity contribution in [3.8, 4) is 5.75 Å². The summed E-state index contributed by atoms with van der Waals surface area (Å²) in [6.07, 6.45) is 0.00171. The quantitative estimate of drug-likeness (QED) is 0.834. The first-order chi connectivity index (χ1) is 7.91. The lowest BCUT2D eigenvalue weighted by Crippen LogP contribution is -2.36. The first kappa shape index (κ1) is 12.2. The first-order valence-electron chi connectivity index (χ1n) is 4.98. The van der Waals surface area contributed by atoms with Gasteiger partial charge in [-0.05, 0) is 24.6 Å². The van der Waals surface area contributed by atoms with Crippen molar-refractivity contribution in [3.63, 3.8) is 0 Å². The zero-order chi connectivity index (χ0) is 12.6. The van der Waals surface area contributed by atoms with Crippen molar-refractivity contribution in [2.45, 2.75) is 24.3 Å². The van der Waals surface area contributed by atoms with Crippen molar-refractivity contribution in [1.29, 1.82) is 0 Å². The van der Waals surface area contributed by atoms with Gasteiger partial charge in [0.2, 0.25) is 0 Å². The normalized spacial score (nSPS) is 19.2. The summed E-state index contributed by atoms with van der Waals surface area (Å²) in [5.74, 6) is 0.157. The molecule has 1 heterocycles. The Labute approximate surface area is 103 Å². The Bertz CT molecular complexity index is 570. The van der Waals surface area contributed by atoms with E-state index in [-0.39, 0.29) is 10.8 Å². The molecule has 7 heteroatoms. The molecule has 1 aromatic carbocycles. The summed E-state index contributed by atoms with van der Waals surface area (Å²) in [7, 11) is 1.40. The van der Waals surface area contributed by atoms with Crippen molar-refractivity contribution in [3.05, 3.63) is 18.2 Å². The molecule has 0 spiro atoms. The standard InChI is InChI=1S/C10H10ClNO4S/c1-2-8-10(13)12-7-5-6(17(11,14)15)3-4-9(7)16-8/h3-5,8H,2H2,1H3,(H,12,13). The zero-order valence-electron chi connectivity index (χ0n) is 8.94. The highest BCUT2D eigenvalue weighted by Gasteiger charge is 2.27. The predicted octanol–water partition coefficient (Wildman–Crippen LogP) is 1.72. The van der Waals surface area contributed by atoms with E-state index in [0.29, 0.717) is 17.9 Å². The highest BCUT2D eigenvalue weighted by Crippen LogP contribution is 2.33. The molecule has 0 radical (unpaired) electrons. The zero-order valence-corrected chi connectivity index (χ0v) is 10.5. The fourth-order valence-corrected chi connectivity index (χ4v) is 2.33. The Balaban J connectivity index is 2.43. The molecule has 1 atom stereocenters. The topological polar surface area (TPSA) is 72.5 Å². The number of hydrogen-bond donors (Lipinski definition) is 1. The van der Waals surface area contributed by atoms with Gasteiger partial charge in [0.1, 0.15) is 5.75 Å². The first-order valence-corrected chi connectivity index (χ1v) is 7.29. The van der Waals surface area contributed by atoms with Crippen LogP contribution in [0.2, 0.25) is 0 Å². The van der Waals surface area contributed by atoms with E-state index in [0.717, 1.165) is 0 Å². The lowest BCUT2D eigenvalue weighted by atomic mass is 10.2. The number of ether oxygens (including phenoxy) is 1. The van der Waals surface area contributed by atoms with Gasteiger partial charge in [-0.2, -0.15) is 0 Å². The van der Waals surface area contributed by atoms with Crippen molar-refractivity contribution < 1.29 is 17.9 Å².